The molecule has 3 N–H and O–H groups in total. The molecule has 1 saturated heterocycles. The molecule has 5 rings (SSSR count). The van der Waals surface area contributed by atoms with E-state index in [1.165, 1.54) is 0 Å². The summed E-state index contributed by atoms with van der Waals surface area (Å²) >= 11 is 0. The fourth-order valence-corrected chi connectivity index (χ4v) is 5.66. The summed E-state index contributed by atoms with van der Waals surface area (Å²) in [6, 6.07) is 23.0. The van der Waals surface area contributed by atoms with E-state index in [1.807, 2.05) is 17.0 Å². The molecule has 0 radical (unpaired) electrons. The molecule has 0 unspecified atom stereocenters. The lowest BCUT2D eigenvalue weighted by atomic mass is 9.91. The predicted octanol–water partition coefficient (Wildman–Crippen LogP) is 5.88. The van der Waals surface area contributed by atoms with Gasteiger partial charge in [0.2, 0.25) is 11.8 Å². The van der Waals surface area contributed by atoms with E-state index in [1.54, 1.807) is 0 Å². The Balaban J connectivity index is 1.41. The van der Waals surface area contributed by atoms with Gasteiger partial charge in [0.25, 0.3) is 0 Å². The first kappa shape index (κ1) is 30.8. The number of hydrogen-bond donors (Lipinski definition) is 2. The van der Waals surface area contributed by atoms with Crippen molar-refractivity contribution in [1.29, 1.82) is 0 Å². The summed E-state index contributed by atoms with van der Waals surface area (Å²) in [6.45, 7) is 11.7. The van der Waals surface area contributed by atoms with Gasteiger partial charge in [-0.3, -0.25) is 9.59 Å². The summed E-state index contributed by atoms with van der Waals surface area (Å²) in [5.74, 6) is 0.389. The molecule has 2 amide bonds. The largest absolute Gasteiger partial charge is 0.367 e. The summed E-state index contributed by atoms with van der Waals surface area (Å²) in [4.78, 5) is 33.1. The molecule has 1 aliphatic heterocycles. The van der Waals surface area contributed by atoms with Gasteiger partial charge in [0.15, 0.2) is 0 Å². The molecule has 3 aromatic rings. The van der Waals surface area contributed by atoms with Crippen molar-refractivity contribution in [3.05, 3.63) is 83.4 Å². The summed E-state index contributed by atoms with van der Waals surface area (Å²) in [5.41, 5.74) is 13.1. The number of nitrogens with two attached hydrogens (primary N) is 1. The Morgan fingerprint density at radius 3 is 2.14 bits per heavy atom. The SMILES string of the molecule is CN1CCN(c2ccc(-c3cccc(CN(Cc4cccc(CN)c4)C(=O)CC(C)(C)C)c3)cc2NC(=O)C2CC2)CC1. The smallest absolute Gasteiger partial charge is 0.227 e. The minimum absolute atomic E-state index is 0.108. The molecule has 2 aliphatic rings. The summed E-state index contributed by atoms with van der Waals surface area (Å²) in [5, 5.41) is 3.26. The van der Waals surface area contributed by atoms with Gasteiger partial charge in [-0.2, -0.15) is 0 Å². The fraction of sp³-hybridized carbons (Fsp3) is 0.444. The first-order valence-corrected chi connectivity index (χ1v) is 15.6. The van der Waals surface area contributed by atoms with Gasteiger partial charge in [-0.25, -0.2) is 0 Å². The maximum absolute atomic E-state index is 13.5. The molecule has 1 heterocycles. The number of benzene rings is 3. The summed E-state index contributed by atoms with van der Waals surface area (Å²) < 4.78 is 0. The highest BCUT2D eigenvalue weighted by molar-refractivity contribution is 5.98. The molecule has 0 aromatic heterocycles. The lowest BCUT2D eigenvalue weighted by molar-refractivity contribution is -0.134. The maximum atomic E-state index is 13.5. The lowest BCUT2D eigenvalue weighted by Gasteiger charge is -2.35. The number of hydrogen-bond acceptors (Lipinski definition) is 5. The Bertz CT molecular complexity index is 1430. The van der Waals surface area contributed by atoms with E-state index in [-0.39, 0.29) is 23.1 Å². The standard InChI is InChI=1S/C36H47N5O2/c1-36(2,3)22-34(42)41(24-27-8-5-7-26(19-27)23-37)25-28-9-6-10-30(20-28)31-13-14-33(40-17-15-39(4)16-18-40)32(21-31)38-35(43)29-11-12-29/h5-10,13-14,19-21,29H,11-12,15-18,22-25,37H2,1-4H3,(H,38,43). The van der Waals surface area contributed by atoms with E-state index in [0.29, 0.717) is 26.1 Å². The second-order valence-electron chi connectivity index (χ2n) is 13.5. The van der Waals surface area contributed by atoms with Crippen molar-refractivity contribution >= 4 is 23.2 Å². The van der Waals surface area contributed by atoms with Crippen LogP contribution in [0.15, 0.2) is 66.7 Å². The molecule has 1 aliphatic carbocycles. The van der Waals surface area contributed by atoms with E-state index < -0.39 is 0 Å². The van der Waals surface area contributed by atoms with Crippen molar-refractivity contribution in [1.82, 2.24) is 9.80 Å². The number of nitrogens with zero attached hydrogens (tertiary/aromatic N) is 3. The molecule has 7 nitrogen and oxygen atoms in total. The third kappa shape index (κ3) is 8.46. The van der Waals surface area contributed by atoms with Crippen LogP contribution < -0.4 is 16.0 Å². The zero-order valence-electron chi connectivity index (χ0n) is 26.2. The number of likely N-dealkylation sites (N-methyl/N-ethyl adjacent to an activating group) is 1. The Kier molecular flexibility index (Phi) is 9.52. The highest BCUT2D eigenvalue weighted by atomic mass is 16.2. The van der Waals surface area contributed by atoms with Crippen LogP contribution in [0, 0.1) is 11.3 Å². The van der Waals surface area contributed by atoms with E-state index in [4.69, 9.17) is 5.73 Å². The molecule has 3 aromatic carbocycles. The molecule has 1 saturated carbocycles. The van der Waals surface area contributed by atoms with Crippen molar-refractivity contribution < 1.29 is 9.59 Å². The monoisotopic (exact) mass is 581 g/mol. The molecule has 43 heavy (non-hydrogen) atoms. The number of piperazine rings is 1. The quantitative estimate of drug-likeness (QED) is 0.313. The fourth-order valence-electron chi connectivity index (χ4n) is 5.66. The van der Waals surface area contributed by atoms with Crippen LogP contribution in [0.25, 0.3) is 11.1 Å². The van der Waals surface area contributed by atoms with Gasteiger partial charge in [-0.05, 0) is 71.3 Å². The van der Waals surface area contributed by atoms with Crippen LogP contribution in [-0.2, 0) is 29.2 Å². The molecule has 2 fully saturated rings. The Labute approximate surface area is 257 Å². The highest BCUT2D eigenvalue weighted by Gasteiger charge is 2.30. The summed E-state index contributed by atoms with van der Waals surface area (Å²) in [7, 11) is 2.15. The highest BCUT2D eigenvalue weighted by Crippen LogP contribution is 2.36. The number of amides is 2. The van der Waals surface area contributed by atoms with E-state index in [2.05, 4.69) is 97.5 Å². The number of carbonyl (C=O) groups excluding carboxylic acids is 2. The third-order valence-electron chi connectivity index (χ3n) is 8.32. The van der Waals surface area contributed by atoms with Crippen molar-refractivity contribution in [3.63, 3.8) is 0 Å². The Morgan fingerprint density at radius 1 is 0.860 bits per heavy atom. The lowest BCUT2D eigenvalue weighted by Crippen LogP contribution is -2.44. The van der Waals surface area contributed by atoms with Crippen molar-refractivity contribution in [2.75, 3.05) is 43.4 Å². The topological polar surface area (TPSA) is 81.9 Å². The molecular formula is C36H47N5O2. The van der Waals surface area contributed by atoms with E-state index in [0.717, 1.165) is 78.2 Å². The molecule has 7 heteroatoms. The van der Waals surface area contributed by atoms with Crippen molar-refractivity contribution in [3.8, 4) is 11.1 Å². The van der Waals surface area contributed by atoms with E-state index >= 15 is 0 Å². The first-order valence-electron chi connectivity index (χ1n) is 15.6. The van der Waals surface area contributed by atoms with Gasteiger partial charge in [0.1, 0.15) is 0 Å². The van der Waals surface area contributed by atoms with Gasteiger partial charge in [0, 0.05) is 58.2 Å². The number of carbonyl (C=O) groups is 2. The number of nitrogens with one attached hydrogen (secondary N) is 1. The summed E-state index contributed by atoms with van der Waals surface area (Å²) in [6.07, 6.45) is 2.41. The molecule has 0 spiro atoms. The predicted molar refractivity (Wildman–Crippen MR) is 176 cm³/mol. The minimum atomic E-state index is -0.108. The molecular weight excluding hydrogens is 534 g/mol. The van der Waals surface area contributed by atoms with Gasteiger partial charge < -0.3 is 25.8 Å². The average molecular weight is 582 g/mol. The van der Waals surface area contributed by atoms with Crippen LogP contribution in [0.4, 0.5) is 11.4 Å². The minimum Gasteiger partial charge on any atom is -0.367 e. The zero-order valence-corrected chi connectivity index (χ0v) is 26.2. The second-order valence-corrected chi connectivity index (χ2v) is 13.5. The van der Waals surface area contributed by atoms with Crippen LogP contribution in [0.2, 0.25) is 0 Å². The maximum Gasteiger partial charge on any atom is 0.227 e. The third-order valence-corrected chi connectivity index (χ3v) is 8.32. The van der Waals surface area contributed by atoms with Crippen LogP contribution in [0.1, 0.15) is 56.7 Å². The van der Waals surface area contributed by atoms with Gasteiger partial charge >= 0.3 is 0 Å². The van der Waals surface area contributed by atoms with Crippen LogP contribution in [-0.4, -0.2) is 54.8 Å². The molecule has 0 atom stereocenters. The van der Waals surface area contributed by atoms with Gasteiger partial charge in [-0.15, -0.1) is 0 Å². The van der Waals surface area contributed by atoms with E-state index in [9.17, 15) is 9.59 Å². The Morgan fingerprint density at radius 2 is 1.49 bits per heavy atom. The average Bonchev–Trinajstić information content (AvgIpc) is 3.83. The number of anilines is 2. The van der Waals surface area contributed by atoms with Gasteiger partial charge in [0.05, 0.1) is 11.4 Å². The van der Waals surface area contributed by atoms with Crippen molar-refractivity contribution in [2.24, 2.45) is 17.1 Å². The molecule has 0 bridgehead atoms. The Hall–Kier alpha value is -3.68. The molecule has 228 valence electrons. The van der Waals surface area contributed by atoms with Crippen LogP contribution in [0.5, 0.6) is 0 Å². The number of rotatable bonds is 10. The second kappa shape index (κ2) is 13.3. The van der Waals surface area contributed by atoms with Crippen LogP contribution >= 0.6 is 0 Å². The first-order chi connectivity index (χ1) is 20.6. The van der Waals surface area contributed by atoms with Crippen LogP contribution in [0.3, 0.4) is 0 Å². The van der Waals surface area contributed by atoms with Gasteiger partial charge in [-0.1, -0.05) is 69.3 Å². The van der Waals surface area contributed by atoms with Crippen molar-refractivity contribution in [2.45, 2.75) is 59.7 Å². The zero-order chi connectivity index (χ0) is 30.6. The normalized spacial score (nSPS) is 15.8.